The van der Waals surface area contributed by atoms with Crippen LogP contribution in [0, 0.1) is 12.8 Å². The number of esters is 1. The van der Waals surface area contributed by atoms with Crippen LogP contribution in [0.25, 0.3) is 10.6 Å². The van der Waals surface area contributed by atoms with Crippen molar-refractivity contribution in [2.75, 3.05) is 19.7 Å². The van der Waals surface area contributed by atoms with Gasteiger partial charge in [-0.3, -0.25) is 9.59 Å². The van der Waals surface area contributed by atoms with Crippen molar-refractivity contribution in [2.24, 2.45) is 5.92 Å². The van der Waals surface area contributed by atoms with Gasteiger partial charge in [-0.15, -0.1) is 11.3 Å². The van der Waals surface area contributed by atoms with E-state index in [-0.39, 0.29) is 17.8 Å². The second-order valence-corrected chi connectivity index (χ2v) is 7.72. The molecule has 1 aliphatic heterocycles. The van der Waals surface area contributed by atoms with Crippen LogP contribution in [0.3, 0.4) is 0 Å². The molecule has 1 amide bonds. The largest absolute Gasteiger partial charge is 0.466 e. The molecular formula is C19H21ClN2O3S. The number of aryl methyl sites for hydroxylation is 1. The zero-order valence-electron chi connectivity index (χ0n) is 14.8. The maximum Gasteiger partial charge on any atom is 0.310 e. The first-order chi connectivity index (χ1) is 12.5. The zero-order valence-corrected chi connectivity index (χ0v) is 16.4. The smallest absolute Gasteiger partial charge is 0.310 e. The molecule has 0 spiro atoms. The Balaban J connectivity index is 1.78. The number of amides is 1. The van der Waals surface area contributed by atoms with Gasteiger partial charge < -0.3 is 9.64 Å². The Labute approximate surface area is 161 Å². The molecule has 1 aromatic carbocycles. The minimum Gasteiger partial charge on any atom is -0.466 e. The van der Waals surface area contributed by atoms with E-state index in [1.807, 2.05) is 25.1 Å². The normalized spacial score (nSPS) is 17.2. The standard InChI is InChI=1S/C19H21ClN2O3S/c1-3-25-19(24)14-7-5-9-22(11-14)18(23)16-12(2)21-17(26-16)13-6-4-8-15(20)10-13/h4,6,8,10,14H,3,5,7,9,11H2,1-2H3/t14-/m0/s1. The summed E-state index contributed by atoms with van der Waals surface area (Å²) in [5.74, 6) is -0.527. The second-order valence-electron chi connectivity index (χ2n) is 6.29. The van der Waals surface area contributed by atoms with Crippen molar-refractivity contribution in [3.8, 4) is 10.6 Å². The van der Waals surface area contributed by atoms with Gasteiger partial charge in [0.2, 0.25) is 0 Å². The summed E-state index contributed by atoms with van der Waals surface area (Å²) in [6.45, 7) is 5.05. The van der Waals surface area contributed by atoms with Crippen LogP contribution >= 0.6 is 22.9 Å². The molecule has 1 aliphatic rings. The van der Waals surface area contributed by atoms with E-state index in [2.05, 4.69) is 4.98 Å². The van der Waals surface area contributed by atoms with Crippen LogP contribution in [0.4, 0.5) is 0 Å². The third kappa shape index (κ3) is 4.07. The predicted octanol–water partition coefficient (Wildman–Crippen LogP) is 4.19. The molecule has 1 saturated heterocycles. The average Bonchev–Trinajstić information content (AvgIpc) is 3.03. The maximum atomic E-state index is 13.0. The van der Waals surface area contributed by atoms with Crippen molar-refractivity contribution in [2.45, 2.75) is 26.7 Å². The monoisotopic (exact) mass is 392 g/mol. The highest BCUT2D eigenvalue weighted by Gasteiger charge is 2.31. The summed E-state index contributed by atoms with van der Waals surface area (Å²) in [6.07, 6.45) is 1.56. The number of aromatic nitrogens is 1. The molecule has 0 unspecified atom stereocenters. The number of carbonyl (C=O) groups excluding carboxylic acids is 2. The van der Waals surface area contributed by atoms with Crippen LogP contribution in [0.1, 0.15) is 35.1 Å². The van der Waals surface area contributed by atoms with E-state index >= 15 is 0 Å². The summed E-state index contributed by atoms with van der Waals surface area (Å²) in [4.78, 5) is 31.9. The molecule has 138 valence electrons. The van der Waals surface area contributed by atoms with Crippen LogP contribution < -0.4 is 0 Å². The molecule has 0 radical (unpaired) electrons. The third-order valence-electron chi connectivity index (χ3n) is 4.39. The third-order valence-corrected chi connectivity index (χ3v) is 5.82. The lowest BCUT2D eigenvalue weighted by Gasteiger charge is -2.31. The number of halogens is 1. The molecule has 0 aliphatic carbocycles. The number of benzene rings is 1. The molecule has 5 nitrogen and oxygen atoms in total. The van der Waals surface area contributed by atoms with E-state index < -0.39 is 0 Å². The fraction of sp³-hybridized carbons (Fsp3) is 0.421. The molecule has 1 aromatic heterocycles. The quantitative estimate of drug-likeness (QED) is 0.732. The molecule has 0 saturated carbocycles. The van der Waals surface area contributed by atoms with Crippen LogP contribution in [0.5, 0.6) is 0 Å². The molecule has 1 fully saturated rings. The molecule has 0 N–H and O–H groups in total. The number of nitrogens with zero attached hydrogens (tertiary/aromatic N) is 2. The van der Waals surface area contributed by atoms with Gasteiger partial charge in [-0.2, -0.15) is 0 Å². The molecular weight excluding hydrogens is 372 g/mol. The minimum absolute atomic E-state index is 0.0673. The van der Waals surface area contributed by atoms with Crippen molar-refractivity contribution in [3.63, 3.8) is 0 Å². The van der Waals surface area contributed by atoms with Crippen LogP contribution in [-0.2, 0) is 9.53 Å². The Morgan fingerprint density at radius 1 is 1.42 bits per heavy atom. The van der Waals surface area contributed by atoms with Gasteiger partial charge in [-0.1, -0.05) is 23.7 Å². The van der Waals surface area contributed by atoms with E-state index in [1.54, 1.807) is 17.9 Å². The van der Waals surface area contributed by atoms with Gasteiger partial charge in [0.15, 0.2) is 0 Å². The molecule has 0 bridgehead atoms. The van der Waals surface area contributed by atoms with Crippen molar-refractivity contribution in [1.82, 2.24) is 9.88 Å². The zero-order chi connectivity index (χ0) is 18.7. The number of rotatable bonds is 4. The number of carbonyl (C=O) groups is 2. The molecule has 3 rings (SSSR count). The van der Waals surface area contributed by atoms with E-state index in [0.717, 1.165) is 23.4 Å². The Kier molecular flexibility index (Phi) is 5.94. The molecule has 1 atom stereocenters. The summed E-state index contributed by atoms with van der Waals surface area (Å²) in [7, 11) is 0. The van der Waals surface area contributed by atoms with E-state index in [0.29, 0.717) is 35.3 Å². The Hall–Kier alpha value is -1.92. The van der Waals surface area contributed by atoms with Crippen LogP contribution in [0.2, 0.25) is 5.02 Å². The van der Waals surface area contributed by atoms with Crippen molar-refractivity contribution < 1.29 is 14.3 Å². The van der Waals surface area contributed by atoms with Crippen molar-refractivity contribution >= 4 is 34.8 Å². The van der Waals surface area contributed by atoms with Gasteiger partial charge >= 0.3 is 5.97 Å². The highest BCUT2D eigenvalue weighted by atomic mass is 35.5. The first kappa shape index (κ1) is 18.9. The van der Waals surface area contributed by atoms with Gasteiger partial charge in [-0.25, -0.2) is 4.98 Å². The predicted molar refractivity (Wildman–Crippen MR) is 103 cm³/mol. The Bertz CT molecular complexity index is 821. The lowest BCUT2D eigenvalue weighted by Crippen LogP contribution is -2.42. The second kappa shape index (κ2) is 8.18. The van der Waals surface area contributed by atoms with Crippen molar-refractivity contribution in [1.29, 1.82) is 0 Å². The molecule has 2 aromatic rings. The number of thiazole rings is 1. The minimum atomic E-state index is -0.242. The fourth-order valence-electron chi connectivity index (χ4n) is 3.10. The summed E-state index contributed by atoms with van der Waals surface area (Å²) < 4.78 is 5.11. The number of ether oxygens (including phenoxy) is 1. The molecule has 26 heavy (non-hydrogen) atoms. The highest BCUT2D eigenvalue weighted by molar-refractivity contribution is 7.17. The number of hydrogen-bond acceptors (Lipinski definition) is 5. The van der Waals surface area contributed by atoms with E-state index in [1.165, 1.54) is 11.3 Å². The summed E-state index contributed by atoms with van der Waals surface area (Å²) in [5, 5.41) is 1.41. The van der Waals surface area contributed by atoms with Crippen LogP contribution in [-0.4, -0.2) is 41.5 Å². The van der Waals surface area contributed by atoms with Crippen molar-refractivity contribution in [3.05, 3.63) is 39.9 Å². The lowest BCUT2D eigenvalue weighted by molar-refractivity contribution is -0.149. The van der Waals surface area contributed by atoms with E-state index in [9.17, 15) is 9.59 Å². The summed E-state index contributed by atoms with van der Waals surface area (Å²) in [5.41, 5.74) is 1.60. The topological polar surface area (TPSA) is 59.5 Å². The average molecular weight is 393 g/mol. The molecule has 2 heterocycles. The van der Waals surface area contributed by atoms with Gasteiger partial charge in [-0.05, 0) is 38.8 Å². The SMILES string of the molecule is CCOC(=O)[C@H]1CCCN(C(=O)c2sc(-c3cccc(Cl)c3)nc2C)C1. The fourth-order valence-corrected chi connectivity index (χ4v) is 4.32. The lowest BCUT2D eigenvalue weighted by atomic mass is 9.98. The first-order valence-corrected chi connectivity index (χ1v) is 9.88. The number of hydrogen-bond donors (Lipinski definition) is 0. The Morgan fingerprint density at radius 2 is 2.23 bits per heavy atom. The highest BCUT2D eigenvalue weighted by Crippen LogP contribution is 2.31. The van der Waals surface area contributed by atoms with Gasteiger partial charge in [0.25, 0.3) is 5.91 Å². The van der Waals surface area contributed by atoms with Gasteiger partial charge in [0, 0.05) is 23.7 Å². The Morgan fingerprint density at radius 3 is 2.96 bits per heavy atom. The molecule has 7 heteroatoms. The maximum absolute atomic E-state index is 13.0. The summed E-state index contributed by atoms with van der Waals surface area (Å²) >= 11 is 7.42. The van der Waals surface area contributed by atoms with Crippen LogP contribution in [0.15, 0.2) is 24.3 Å². The van der Waals surface area contributed by atoms with Gasteiger partial charge in [0.05, 0.1) is 18.2 Å². The summed E-state index contributed by atoms with van der Waals surface area (Å²) in [6, 6.07) is 7.44. The van der Waals surface area contributed by atoms with E-state index in [4.69, 9.17) is 16.3 Å². The first-order valence-electron chi connectivity index (χ1n) is 8.69. The number of likely N-dealkylation sites (tertiary alicyclic amines) is 1. The number of piperidine rings is 1. The van der Waals surface area contributed by atoms with Gasteiger partial charge in [0.1, 0.15) is 9.88 Å².